The second-order valence-corrected chi connectivity index (χ2v) is 6.28. The molecule has 0 amide bonds. The minimum absolute atomic E-state index is 0.240. The van der Waals surface area contributed by atoms with Crippen LogP contribution in [-0.4, -0.2) is 34.1 Å². The molecule has 126 valence electrons. The Bertz CT molecular complexity index is 740. The number of aliphatic carboxylic acids is 1. The van der Waals surface area contributed by atoms with Gasteiger partial charge in [-0.3, -0.25) is 4.79 Å². The van der Waals surface area contributed by atoms with Crippen LogP contribution in [-0.2, 0) is 4.79 Å². The van der Waals surface area contributed by atoms with E-state index < -0.39 is 5.97 Å². The number of carboxylic acids is 1. The number of anilines is 3. The van der Waals surface area contributed by atoms with E-state index in [0.717, 1.165) is 17.1 Å². The summed E-state index contributed by atoms with van der Waals surface area (Å²) in [6.45, 7) is 5.50. The van der Waals surface area contributed by atoms with Crippen LogP contribution < -0.4 is 10.2 Å². The highest BCUT2D eigenvalue weighted by Crippen LogP contribution is 2.24. The van der Waals surface area contributed by atoms with Gasteiger partial charge >= 0.3 is 5.97 Å². The lowest BCUT2D eigenvalue weighted by Crippen LogP contribution is -2.36. The number of hydrogen-bond acceptors (Lipinski definition) is 5. The molecule has 1 aromatic heterocycles. The van der Waals surface area contributed by atoms with Gasteiger partial charge in [0.05, 0.1) is 5.92 Å². The zero-order valence-electron chi connectivity index (χ0n) is 14.0. The molecule has 0 radical (unpaired) electrons. The molecule has 0 atom stereocenters. The third-order valence-corrected chi connectivity index (χ3v) is 4.45. The van der Waals surface area contributed by atoms with Crippen molar-refractivity contribution in [3.8, 4) is 0 Å². The summed E-state index contributed by atoms with van der Waals surface area (Å²) in [7, 11) is 0. The molecule has 3 rings (SSSR count). The van der Waals surface area contributed by atoms with Crippen molar-refractivity contribution in [1.82, 2.24) is 9.97 Å². The molecule has 0 unspecified atom stereocenters. The van der Waals surface area contributed by atoms with Crippen molar-refractivity contribution < 1.29 is 9.90 Å². The second kappa shape index (κ2) is 6.86. The quantitative estimate of drug-likeness (QED) is 0.899. The zero-order valence-corrected chi connectivity index (χ0v) is 14.0. The smallest absolute Gasteiger partial charge is 0.306 e. The van der Waals surface area contributed by atoms with E-state index in [9.17, 15) is 4.79 Å². The summed E-state index contributed by atoms with van der Waals surface area (Å²) in [5.74, 6) is 0.452. The monoisotopic (exact) mass is 326 g/mol. The fourth-order valence-corrected chi connectivity index (χ4v) is 2.93. The number of nitrogens with one attached hydrogen (secondary N) is 1. The van der Waals surface area contributed by atoms with Crippen molar-refractivity contribution in [1.29, 1.82) is 0 Å². The van der Waals surface area contributed by atoms with Crippen LogP contribution in [0, 0.1) is 19.8 Å². The molecule has 1 aliphatic rings. The molecule has 1 saturated heterocycles. The van der Waals surface area contributed by atoms with E-state index in [-0.39, 0.29) is 5.92 Å². The molecule has 6 heteroatoms. The Morgan fingerprint density at radius 1 is 1.25 bits per heavy atom. The lowest BCUT2D eigenvalue weighted by Gasteiger charge is -2.31. The van der Waals surface area contributed by atoms with Crippen LogP contribution in [0.3, 0.4) is 0 Å². The SMILES string of the molecule is Cc1ccc(C)c(Nc2nccc(N3CCC(C(=O)O)CC3)n2)c1. The van der Waals surface area contributed by atoms with Crippen molar-refractivity contribution in [2.45, 2.75) is 26.7 Å². The maximum atomic E-state index is 11.1. The Hall–Kier alpha value is -2.63. The van der Waals surface area contributed by atoms with Crippen LogP contribution in [0.1, 0.15) is 24.0 Å². The van der Waals surface area contributed by atoms with Crippen LogP contribution in [0.5, 0.6) is 0 Å². The topological polar surface area (TPSA) is 78.4 Å². The fourth-order valence-electron chi connectivity index (χ4n) is 2.93. The third kappa shape index (κ3) is 3.64. The van der Waals surface area contributed by atoms with Gasteiger partial charge in [0.2, 0.25) is 5.95 Å². The Morgan fingerprint density at radius 3 is 2.71 bits per heavy atom. The van der Waals surface area contributed by atoms with Gasteiger partial charge in [0.25, 0.3) is 0 Å². The number of aromatic nitrogens is 2. The number of benzene rings is 1. The van der Waals surface area contributed by atoms with E-state index >= 15 is 0 Å². The van der Waals surface area contributed by atoms with Gasteiger partial charge in [0.15, 0.2) is 0 Å². The predicted octanol–water partition coefficient (Wildman–Crippen LogP) is 3.14. The van der Waals surface area contributed by atoms with Gasteiger partial charge in [-0.15, -0.1) is 0 Å². The van der Waals surface area contributed by atoms with Crippen LogP contribution in [0.4, 0.5) is 17.5 Å². The van der Waals surface area contributed by atoms with Crippen LogP contribution in [0.25, 0.3) is 0 Å². The highest BCUT2D eigenvalue weighted by molar-refractivity contribution is 5.70. The van der Waals surface area contributed by atoms with Crippen molar-refractivity contribution in [2.75, 3.05) is 23.3 Å². The van der Waals surface area contributed by atoms with Crippen LogP contribution in [0.15, 0.2) is 30.5 Å². The van der Waals surface area contributed by atoms with Crippen LogP contribution in [0.2, 0.25) is 0 Å². The van der Waals surface area contributed by atoms with Gasteiger partial charge in [0, 0.05) is 25.0 Å². The van der Waals surface area contributed by atoms with E-state index in [1.54, 1.807) is 6.20 Å². The van der Waals surface area contributed by atoms with Gasteiger partial charge in [-0.1, -0.05) is 12.1 Å². The maximum Gasteiger partial charge on any atom is 0.306 e. The first-order valence-electron chi connectivity index (χ1n) is 8.18. The van der Waals surface area contributed by atoms with Crippen molar-refractivity contribution in [2.24, 2.45) is 5.92 Å². The molecule has 24 heavy (non-hydrogen) atoms. The number of rotatable bonds is 4. The summed E-state index contributed by atoms with van der Waals surface area (Å²) in [6, 6.07) is 8.09. The number of aryl methyl sites for hydroxylation is 2. The fraction of sp³-hybridized carbons (Fsp3) is 0.389. The van der Waals surface area contributed by atoms with E-state index in [0.29, 0.717) is 31.9 Å². The number of hydrogen-bond donors (Lipinski definition) is 2. The molecule has 1 fully saturated rings. The Kier molecular flexibility index (Phi) is 4.64. The zero-order chi connectivity index (χ0) is 17.1. The first kappa shape index (κ1) is 16.2. The molecule has 2 heterocycles. The molecule has 2 aromatic rings. The molecule has 0 saturated carbocycles. The molecule has 1 aliphatic heterocycles. The minimum atomic E-state index is -0.699. The summed E-state index contributed by atoms with van der Waals surface area (Å²) in [5.41, 5.74) is 3.31. The second-order valence-electron chi connectivity index (χ2n) is 6.28. The van der Waals surface area contributed by atoms with E-state index in [1.165, 1.54) is 5.56 Å². The summed E-state index contributed by atoms with van der Waals surface area (Å²) < 4.78 is 0. The van der Waals surface area contributed by atoms with Crippen molar-refractivity contribution in [3.05, 3.63) is 41.6 Å². The van der Waals surface area contributed by atoms with Gasteiger partial charge < -0.3 is 15.3 Å². The van der Waals surface area contributed by atoms with Gasteiger partial charge in [-0.2, -0.15) is 4.98 Å². The Labute approximate surface area is 141 Å². The average molecular weight is 326 g/mol. The standard InChI is InChI=1S/C18H22N4O2/c1-12-3-4-13(2)15(11-12)20-18-19-8-5-16(21-18)22-9-6-14(7-10-22)17(23)24/h3-5,8,11,14H,6-7,9-10H2,1-2H3,(H,23,24)(H,19,20,21). The number of nitrogens with zero attached hydrogens (tertiary/aromatic N) is 3. The largest absolute Gasteiger partial charge is 0.481 e. The molecule has 2 N–H and O–H groups in total. The highest BCUT2D eigenvalue weighted by atomic mass is 16.4. The maximum absolute atomic E-state index is 11.1. The molecule has 0 aliphatic carbocycles. The average Bonchev–Trinajstić information content (AvgIpc) is 2.58. The van der Waals surface area contributed by atoms with E-state index in [4.69, 9.17) is 5.11 Å². The lowest BCUT2D eigenvalue weighted by atomic mass is 9.97. The predicted molar refractivity (Wildman–Crippen MR) is 93.8 cm³/mol. The number of carbonyl (C=O) groups is 1. The molecular weight excluding hydrogens is 304 g/mol. The van der Waals surface area contributed by atoms with Crippen LogP contribution >= 0.6 is 0 Å². The van der Waals surface area contributed by atoms with E-state index in [2.05, 4.69) is 45.3 Å². The van der Waals surface area contributed by atoms with Crippen molar-refractivity contribution >= 4 is 23.4 Å². The van der Waals surface area contributed by atoms with Gasteiger partial charge in [-0.25, -0.2) is 4.98 Å². The summed E-state index contributed by atoms with van der Waals surface area (Å²) in [6.07, 6.45) is 3.04. The summed E-state index contributed by atoms with van der Waals surface area (Å²) >= 11 is 0. The molecule has 1 aromatic carbocycles. The lowest BCUT2D eigenvalue weighted by molar-refractivity contribution is -0.142. The molecule has 0 bridgehead atoms. The minimum Gasteiger partial charge on any atom is -0.481 e. The van der Waals surface area contributed by atoms with Gasteiger partial charge in [-0.05, 0) is 49.9 Å². The Balaban J connectivity index is 1.73. The molecular formula is C18H22N4O2. The Morgan fingerprint density at radius 2 is 2.00 bits per heavy atom. The van der Waals surface area contributed by atoms with E-state index in [1.807, 2.05) is 13.0 Å². The normalized spacial score (nSPS) is 15.3. The first-order chi connectivity index (χ1) is 11.5. The number of piperidine rings is 1. The summed E-state index contributed by atoms with van der Waals surface area (Å²) in [4.78, 5) is 22.1. The first-order valence-corrected chi connectivity index (χ1v) is 8.18. The third-order valence-electron chi connectivity index (χ3n) is 4.45. The molecule has 6 nitrogen and oxygen atoms in total. The van der Waals surface area contributed by atoms with Gasteiger partial charge in [0.1, 0.15) is 5.82 Å². The highest BCUT2D eigenvalue weighted by Gasteiger charge is 2.25. The number of carboxylic acid groups (broad SMARTS) is 1. The van der Waals surface area contributed by atoms with Crippen molar-refractivity contribution in [3.63, 3.8) is 0 Å². The molecule has 0 spiro atoms. The summed E-state index contributed by atoms with van der Waals surface area (Å²) in [5, 5.41) is 12.4.